The highest BCUT2D eigenvalue weighted by Crippen LogP contribution is 2.41. The summed E-state index contributed by atoms with van der Waals surface area (Å²) in [4.78, 5) is 1.35. The van der Waals surface area contributed by atoms with Crippen LogP contribution in [0.1, 0.15) is 12.5 Å². The molecule has 14 heavy (non-hydrogen) atoms. The van der Waals surface area contributed by atoms with Gasteiger partial charge in [-0.05, 0) is 38.1 Å². The van der Waals surface area contributed by atoms with E-state index in [9.17, 15) is 0 Å². The van der Waals surface area contributed by atoms with Crippen LogP contribution in [0.25, 0.3) is 0 Å². The van der Waals surface area contributed by atoms with Gasteiger partial charge >= 0.3 is 0 Å². The molecule has 0 saturated heterocycles. The zero-order chi connectivity index (χ0) is 10.1. The van der Waals surface area contributed by atoms with Crippen molar-refractivity contribution in [3.63, 3.8) is 0 Å². The van der Waals surface area contributed by atoms with Crippen LogP contribution in [0.5, 0.6) is 0 Å². The Hall–Kier alpha value is -0.180. The molecule has 2 unspecified atom stereocenters. The molecular weight excluding hydrogens is 214 g/mol. The number of rotatable bonds is 2. The number of halogens is 1. The topological polar surface area (TPSA) is 12.0 Å². The first-order valence-corrected chi connectivity index (χ1v) is 6.09. The highest BCUT2D eigenvalue weighted by Gasteiger charge is 2.27. The number of hydrogen-bond acceptors (Lipinski definition) is 2. The molecule has 1 aromatic carbocycles. The lowest BCUT2D eigenvalue weighted by atomic mass is 10.1. The third-order valence-electron chi connectivity index (χ3n) is 2.77. The molecule has 2 rings (SSSR count). The number of thioether (sulfide) groups is 1. The zero-order valence-corrected chi connectivity index (χ0v) is 9.95. The Bertz CT molecular complexity index is 340. The van der Waals surface area contributed by atoms with Crippen molar-refractivity contribution in [3.8, 4) is 0 Å². The second-order valence-corrected chi connectivity index (χ2v) is 5.34. The molecule has 1 heterocycles. The summed E-state index contributed by atoms with van der Waals surface area (Å²) in [5, 5.41) is 4.83. The van der Waals surface area contributed by atoms with Crippen molar-refractivity contribution in [1.29, 1.82) is 0 Å². The smallest absolute Gasteiger partial charge is 0.0449 e. The first-order chi connectivity index (χ1) is 6.72. The predicted molar refractivity (Wildman–Crippen MR) is 63.3 cm³/mol. The highest BCUT2D eigenvalue weighted by molar-refractivity contribution is 8.00. The summed E-state index contributed by atoms with van der Waals surface area (Å²) in [6, 6.07) is 6.70. The molecule has 76 valence electrons. The molecule has 2 atom stereocenters. The van der Waals surface area contributed by atoms with Gasteiger partial charge in [-0.1, -0.05) is 17.7 Å². The Kier molecular flexibility index (Phi) is 3.05. The van der Waals surface area contributed by atoms with Crippen molar-refractivity contribution in [2.75, 3.05) is 7.05 Å². The van der Waals surface area contributed by atoms with Crippen LogP contribution in [-0.4, -0.2) is 18.3 Å². The van der Waals surface area contributed by atoms with Gasteiger partial charge in [-0.2, -0.15) is 0 Å². The van der Waals surface area contributed by atoms with Crippen LogP contribution in [0.4, 0.5) is 0 Å². The number of benzene rings is 1. The second-order valence-electron chi connectivity index (χ2n) is 3.65. The molecule has 0 bridgehead atoms. The quantitative estimate of drug-likeness (QED) is 0.834. The number of nitrogens with one attached hydrogen (secondary N) is 1. The summed E-state index contributed by atoms with van der Waals surface area (Å²) in [6.07, 6.45) is 1.08. The average Bonchev–Trinajstić information content (AvgIpc) is 2.62. The van der Waals surface area contributed by atoms with Gasteiger partial charge in [0.15, 0.2) is 0 Å². The lowest BCUT2D eigenvalue weighted by Crippen LogP contribution is -2.32. The standard InChI is InChI=1S/C11H14ClNS/c1-7(13-2)11-6-8-9(12)4-3-5-10(8)14-11/h3-5,7,11,13H,6H2,1-2H3. The molecule has 0 radical (unpaired) electrons. The van der Waals surface area contributed by atoms with Gasteiger partial charge in [0.25, 0.3) is 0 Å². The van der Waals surface area contributed by atoms with Crippen LogP contribution in [0.3, 0.4) is 0 Å². The zero-order valence-electron chi connectivity index (χ0n) is 8.38. The maximum Gasteiger partial charge on any atom is 0.0449 e. The van der Waals surface area contributed by atoms with E-state index in [1.165, 1.54) is 10.5 Å². The molecule has 1 N–H and O–H groups in total. The van der Waals surface area contributed by atoms with E-state index in [1.807, 2.05) is 30.9 Å². The summed E-state index contributed by atoms with van der Waals surface area (Å²) < 4.78 is 0. The van der Waals surface area contributed by atoms with Gasteiger partial charge in [-0.3, -0.25) is 0 Å². The van der Waals surface area contributed by atoms with Crippen LogP contribution in [0.15, 0.2) is 23.1 Å². The second kappa shape index (κ2) is 4.13. The van der Waals surface area contributed by atoms with Gasteiger partial charge in [0, 0.05) is 21.2 Å². The third kappa shape index (κ3) is 1.79. The summed E-state index contributed by atoms with van der Waals surface area (Å²) in [5.74, 6) is 0. The molecule has 0 spiro atoms. The van der Waals surface area contributed by atoms with E-state index in [4.69, 9.17) is 11.6 Å². The minimum Gasteiger partial charge on any atom is -0.316 e. The summed E-state index contributed by atoms with van der Waals surface area (Å²) in [5.41, 5.74) is 1.33. The summed E-state index contributed by atoms with van der Waals surface area (Å²) >= 11 is 8.09. The van der Waals surface area contributed by atoms with E-state index >= 15 is 0 Å². The van der Waals surface area contributed by atoms with Gasteiger partial charge in [0.2, 0.25) is 0 Å². The maximum atomic E-state index is 6.15. The lowest BCUT2D eigenvalue weighted by molar-refractivity contribution is 0.584. The van der Waals surface area contributed by atoms with Gasteiger partial charge in [-0.15, -0.1) is 11.8 Å². The molecule has 1 nitrogen and oxygen atoms in total. The van der Waals surface area contributed by atoms with Crippen molar-refractivity contribution < 1.29 is 0 Å². The molecule has 0 amide bonds. The molecular formula is C11H14ClNS. The van der Waals surface area contributed by atoms with Crippen LogP contribution >= 0.6 is 23.4 Å². The van der Waals surface area contributed by atoms with E-state index in [2.05, 4.69) is 18.3 Å². The van der Waals surface area contributed by atoms with E-state index in [-0.39, 0.29) is 0 Å². The van der Waals surface area contributed by atoms with E-state index in [1.54, 1.807) is 0 Å². The molecule has 1 aromatic rings. The normalized spacial score (nSPS) is 22.1. The molecule has 0 aliphatic carbocycles. The van der Waals surface area contributed by atoms with Crippen molar-refractivity contribution >= 4 is 23.4 Å². The average molecular weight is 228 g/mol. The van der Waals surface area contributed by atoms with Gasteiger partial charge in [-0.25, -0.2) is 0 Å². The minimum absolute atomic E-state index is 0.531. The maximum absolute atomic E-state index is 6.15. The highest BCUT2D eigenvalue weighted by atomic mass is 35.5. The summed E-state index contributed by atoms with van der Waals surface area (Å²) in [6.45, 7) is 2.22. The van der Waals surface area contributed by atoms with E-state index in [0.717, 1.165) is 11.4 Å². The third-order valence-corrected chi connectivity index (χ3v) is 4.64. The Morgan fingerprint density at radius 2 is 2.36 bits per heavy atom. The van der Waals surface area contributed by atoms with Crippen LogP contribution < -0.4 is 5.32 Å². The Morgan fingerprint density at radius 3 is 3.00 bits per heavy atom. The molecule has 1 aliphatic rings. The SMILES string of the molecule is CNC(C)C1Cc2c(Cl)cccc2S1. The van der Waals surface area contributed by atoms with Crippen molar-refractivity contribution in [1.82, 2.24) is 5.32 Å². The van der Waals surface area contributed by atoms with E-state index < -0.39 is 0 Å². The summed E-state index contributed by atoms with van der Waals surface area (Å²) in [7, 11) is 2.01. The van der Waals surface area contributed by atoms with Crippen LogP contribution in [0, 0.1) is 0 Å². The molecule has 1 aliphatic heterocycles. The fourth-order valence-electron chi connectivity index (χ4n) is 1.72. The number of hydrogen-bond donors (Lipinski definition) is 1. The van der Waals surface area contributed by atoms with Crippen molar-refractivity contribution in [2.24, 2.45) is 0 Å². The number of fused-ring (bicyclic) bond motifs is 1. The molecule has 0 saturated carbocycles. The lowest BCUT2D eigenvalue weighted by Gasteiger charge is -2.16. The van der Waals surface area contributed by atoms with Gasteiger partial charge in [0.05, 0.1) is 0 Å². The molecule has 0 aromatic heterocycles. The minimum atomic E-state index is 0.531. The fourth-order valence-corrected chi connectivity index (χ4v) is 3.43. The van der Waals surface area contributed by atoms with Crippen molar-refractivity contribution in [2.45, 2.75) is 29.5 Å². The first-order valence-electron chi connectivity index (χ1n) is 4.83. The van der Waals surface area contributed by atoms with Gasteiger partial charge < -0.3 is 5.32 Å². The van der Waals surface area contributed by atoms with Crippen molar-refractivity contribution in [3.05, 3.63) is 28.8 Å². The van der Waals surface area contributed by atoms with Gasteiger partial charge in [0.1, 0.15) is 0 Å². The molecule has 0 fully saturated rings. The predicted octanol–water partition coefficient (Wildman–Crippen LogP) is 2.96. The Morgan fingerprint density at radius 1 is 1.57 bits per heavy atom. The van der Waals surface area contributed by atoms with Crippen LogP contribution in [0.2, 0.25) is 5.02 Å². The monoisotopic (exact) mass is 227 g/mol. The Balaban J connectivity index is 2.22. The largest absolute Gasteiger partial charge is 0.316 e. The van der Waals surface area contributed by atoms with Crippen LogP contribution in [-0.2, 0) is 6.42 Å². The fraction of sp³-hybridized carbons (Fsp3) is 0.455. The first kappa shape index (κ1) is 10.3. The van der Waals surface area contributed by atoms with E-state index in [0.29, 0.717) is 11.3 Å². The molecule has 3 heteroatoms. The Labute approximate surface area is 94.2 Å².